The van der Waals surface area contributed by atoms with Crippen LogP contribution in [0.1, 0.15) is 37.5 Å². The van der Waals surface area contributed by atoms with Crippen LogP contribution in [-0.4, -0.2) is 37.5 Å². The van der Waals surface area contributed by atoms with Crippen LogP contribution in [0.25, 0.3) is 0 Å². The maximum absolute atomic E-state index is 11.7. The molecular weight excluding hydrogens is 360 g/mol. The second-order valence-corrected chi connectivity index (χ2v) is 7.45. The summed E-state index contributed by atoms with van der Waals surface area (Å²) in [6.07, 6.45) is 0.518. The minimum absolute atomic E-state index is 0.0737. The van der Waals surface area contributed by atoms with E-state index in [0.717, 1.165) is 16.7 Å². The van der Waals surface area contributed by atoms with Crippen LogP contribution in [0.4, 0.5) is 0 Å². The zero-order chi connectivity index (χ0) is 20.9. The molecule has 2 rings (SSSR count). The highest BCUT2D eigenvalue weighted by Crippen LogP contribution is 2.41. The van der Waals surface area contributed by atoms with E-state index < -0.39 is 11.6 Å². The molecule has 0 aliphatic rings. The fourth-order valence-electron chi connectivity index (χ4n) is 2.78. The van der Waals surface area contributed by atoms with Gasteiger partial charge >= 0.3 is 5.97 Å². The Morgan fingerprint density at radius 1 is 1.07 bits per heavy atom. The molecule has 6 heteroatoms. The Kier molecular flexibility index (Phi) is 6.78. The van der Waals surface area contributed by atoms with Crippen molar-refractivity contribution in [1.82, 2.24) is 0 Å². The third kappa shape index (κ3) is 5.55. The van der Waals surface area contributed by atoms with E-state index in [4.69, 9.17) is 18.9 Å². The monoisotopic (exact) mass is 388 g/mol. The average molecular weight is 388 g/mol. The summed E-state index contributed by atoms with van der Waals surface area (Å²) in [6.45, 7) is 7.20. The van der Waals surface area contributed by atoms with Gasteiger partial charge in [-0.05, 0) is 57.0 Å². The molecule has 2 aromatic carbocycles. The van der Waals surface area contributed by atoms with Crippen LogP contribution in [0.2, 0.25) is 0 Å². The first-order valence-electron chi connectivity index (χ1n) is 9.01. The molecule has 0 fully saturated rings. The molecule has 0 atom stereocenters. The number of hydrogen-bond acceptors (Lipinski definition) is 6. The zero-order valence-corrected chi connectivity index (χ0v) is 17.3. The summed E-state index contributed by atoms with van der Waals surface area (Å²) in [7, 11) is 3.03. The lowest BCUT2D eigenvalue weighted by Crippen LogP contribution is -2.27. The predicted octanol–water partition coefficient (Wildman–Crippen LogP) is 4.03. The molecule has 0 radical (unpaired) electrons. The topological polar surface area (TPSA) is 74.2 Å². The van der Waals surface area contributed by atoms with Crippen molar-refractivity contribution in [2.75, 3.05) is 20.8 Å². The quantitative estimate of drug-likeness (QED) is 0.722. The number of aromatic hydroxyl groups is 1. The molecule has 28 heavy (non-hydrogen) atoms. The van der Waals surface area contributed by atoms with Crippen LogP contribution in [0.15, 0.2) is 30.3 Å². The van der Waals surface area contributed by atoms with Gasteiger partial charge in [-0.25, -0.2) is 4.79 Å². The van der Waals surface area contributed by atoms with Crippen molar-refractivity contribution >= 4 is 5.97 Å². The van der Waals surface area contributed by atoms with Crippen LogP contribution in [0.5, 0.6) is 23.0 Å². The van der Waals surface area contributed by atoms with Gasteiger partial charge < -0.3 is 24.1 Å². The van der Waals surface area contributed by atoms with E-state index in [0.29, 0.717) is 23.7 Å². The van der Waals surface area contributed by atoms with Gasteiger partial charge in [-0.2, -0.15) is 0 Å². The molecular formula is C22H28O6. The van der Waals surface area contributed by atoms with Gasteiger partial charge in [-0.3, -0.25) is 0 Å². The summed E-state index contributed by atoms with van der Waals surface area (Å²) in [5.74, 6) is 1.04. The van der Waals surface area contributed by atoms with Crippen molar-refractivity contribution in [1.29, 1.82) is 0 Å². The molecule has 0 saturated heterocycles. The number of carbonyl (C=O) groups is 1. The molecule has 2 aromatic rings. The molecule has 0 aromatic heterocycles. The number of hydrogen-bond donors (Lipinski definition) is 1. The molecule has 0 aliphatic carbocycles. The first kappa shape index (κ1) is 21.4. The highest BCUT2D eigenvalue weighted by molar-refractivity contribution is 5.71. The van der Waals surface area contributed by atoms with Gasteiger partial charge in [-0.1, -0.05) is 12.1 Å². The minimum atomic E-state index is -0.538. The molecule has 152 valence electrons. The van der Waals surface area contributed by atoms with Gasteiger partial charge in [0.05, 0.1) is 14.2 Å². The Hall–Kier alpha value is -2.89. The predicted molar refractivity (Wildman–Crippen MR) is 107 cm³/mol. The molecule has 0 heterocycles. The van der Waals surface area contributed by atoms with Gasteiger partial charge in [0.2, 0.25) is 5.75 Å². The van der Waals surface area contributed by atoms with E-state index in [1.54, 1.807) is 12.1 Å². The smallest absolute Gasteiger partial charge is 0.344 e. The normalized spacial score (nSPS) is 11.1. The lowest BCUT2D eigenvalue weighted by molar-refractivity contribution is -0.157. The van der Waals surface area contributed by atoms with Crippen molar-refractivity contribution in [2.45, 2.75) is 39.7 Å². The van der Waals surface area contributed by atoms with Crippen molar-refractivity contribution < 1.29 is 28.8 Å². The Bertz CT molecular complexity index is 818. The molecule has 0 bridgehead atoms. The molecule has 0 aliphatic heterocycles. The number of phenols is 1. The number of phenolic OH excluding ortho intramolecular Hbond substituents is 1. The largest absolute Gasteiger partial charge is 0.504 e. The summed E-state index contributed by atoms with van der Waals surface area (Å²) >= 11 is 0. The molecule has 0 unspecified atom stereocenters. The maximum atomic E-state index is 11.7. The Balaban J connectivity index is 2.08. The minimum Gasteiger partial charge on any atom is -0.504 e. The second kappa shape index (κ2) is 8.87. The highest BCUT2D eigenvalue weighted by atomic mass is 16.6. The number of rotatable bonds is 7. The van der Waals surface area contributed by atoms with Gasteiger partial charge in [0.25, 0.3) is 0 Å². The molecule has 0 saturated carbocycles. The number of esters is 1. The first-order chi connectivity index (χ1) is 13.1. The van der Waals surface area contributed by atoms with Crippen LogP contribution in [-0.2, 0) is 16.0 Å². The number of ether oxygens (including phenoxy) is 4. The van der Waals surface area contributed by atoms with E-state index in [2.05, 4.69) is 0 Å². The van der Waals surface area contributed by atoms with E-state index in [1.807, 2.05) is 45.9 Å². The van der Waals surface area contributed by atoms with Gasteiger partial charge in [0, 0.05) is 12.0 Å². The Morgan fingerprint density at radius 3 is 2.25 bits per heavy atom. The molecule has 0 amide bonds. The first-order valence-corrected chi connectivity index (χ1v) is 9.01. The third-order valence-electron chi connectivity index (χ3n) is 4.05. The molecule has 1 N–H and O–H groups in total. The fraction of sp³-hybridized carbons (Fsp3) is 0.409. The van der Waals surface area contributed by atoms with E-state index >= 15 is 0 Å². The van der Waals surface area contributed by atoms with E-state index in [-0.39, 0.29) is 12.4 Å². The van der Waals surface area contributed by atoms with E-state index in [9.17, 15) is 9.90 Å². The van der Waals surface area contributed by atoms with E-state index in [1.165, 1.54) is 14.2 Å². The van der Waals surface area contributed by atoms with Crippen molar-refractivity contribution in [3.8, 4) is 23.0 Å². The summed E-state index contributed by atoms with van der Waals surface area (Å²) < 4.78 is 21.2. The lowest BCUT2D eigenvalue weighted by atomic mass is 9.98. The van der Waals surface area contributed by atoms with Crippen LogP contribution >= 0.6 is 0 Å². The maximum Gasteiger partial charge on any atom is 0.344 e. The number of methoxy groups -OCH3 is 2. The van der Waals surface area contributed by atoms with Crippen LogP contribution in [0.3, 0.4) is 0 Å². The van der Waals surface area contributed by atoms with Gasteiger partial charge in [0.1, 0.15) is 11.4 Å². The zero-order valence-electron chi connectivity index (χ0n) is 17.3. The SMILES string of the molecule is COc1cc(C)c(Cc2ccc(OCC(=O)OC(C)(C)C)cc2)c(O)c1OC. The van der Waals surface area contributed by atoms with Gasteiger partial charge in [-0.15, -0.1) is 0 Å². The lowest BCUT2D eigenvalue weighted by Gasteiger charge is -2.19. The average Bonchev–Trinajstić information content (AvgIpc) is 2.62. The Morgan fingerprint density at radius 2 is 1.71 bits per heavy atom. The van der Waals surface area contributed by atoms with Crippen molar-refractivity contribution in [2.24, 2.45) is 0 Å². The standard InChI is InChI=1S/C22H28O6/c1-14-11-18(25-5)21(26-6)20(24)17(14)12-15-7-9-16(10-8-15)27-13-19(23)28-22(2,3)4/h7-11,24H,12-13H2,1-6H3. The van der Waals surface area contributed by atoms with Gasteiger partial charge in [0.15, 0.2) is 18.1 Å². The van der Waals surface area contributed by atoms with Crippen molar-refractivity contribution in [3.63, 3.8) is 0 Å². The summed E-state index contributed by atoms with van der Waals surface area (Å²) in [5.41, 5.74) is 2.11. The fourth-order valence-corrected chi connectivity index (χ4v) is 2.78. The second-order valence-electron chi connectivity index (χ2n) is 7.45. The third-order valence-corrected chi connectivity index (χ3v) is 4.05. The highest BCUT2D eigenvalue weighted by Gasteiger charge is 2.18. The summed E-state index contributed by atoms with van der Waals surface area (Å²) in [5, 5.41) is 10.6. The molecule has 0 spiro atoms. The van der Waals surface area contributed by atoms with Crippen LogP contribution < -0.4 is 14.2 Å². The summed E-state index contributed by atoms with van der Waals surface area (Å²) in [6, 6.07) is 9.19. The van der Waals surface area contributed by atoms with Crippen molar-refractivity contribution in [3.05, 3.63) is 47.0 Å². The Labute approximate surface area is 166 Å². The number of carbonyl (C=O) groups excluding carboxylic acids is 1. The summed E-state index contributed by atoms with van der Waals surface area (Å²) in [4.78, 5) is 11.7. The number of benzene rings is 2. The van der Waals surface area contributed by atoms with Crippen LogP contribution in [0, 0.1) is 6.92 Å². The molecule has 6 nitrogen and oxygen atoms in total. The number of aryl methyl sites for hydroxylation is 1.